The maximum atomic E-state index is 13.8. The highest BCUT2D eigenvalue weighted by Crippen LogP contribution is 2.36. The van der Waals surface area contributed by atoms with Crippen molar-refractivity contribution < 1.29 is 22.7 Å². The minimum atomic E-state index is -4.69. The van der Waals surface area contributed by atoms with Crippen molar-refractivity contribution in [2.75, 3.05) is 18.4 Å². The Morgan fingerprint density at radius 1 is 1.16 bits per heavy atom. The van der Waals surface area contributed by atoms with Gasteiger partial charge in [-0.15, -0.1) is 0 Å². The summed E-state index contributed by atoms with van der Waals surface area (Å²) >= 11 is 0. The molecule has 3 aromatic rings. The summed E-state index contributed by atoms with van der Waals surface area (Å²) in [6, 6.07) is 4.98. The fourth-order valence-electron chi connectivity index (χ4n) is 4.04. The minimum absolute atomic E-state index is 0.00581. The molecule has 0 bridgehead atoms. The number of pyridine rings is 1. The summed E-state index contributed by atoms with van der Waals surface area (Å²) in [7, 11) is 0. The topological polar surface area (TPSA) is 122 Å². The van der Waals surface area contributed by atoms with Crippen molar-refractivity contribution in [1.29, 1.82) is 5.26 Å². The van der Waals surface area contributed by atoms with Crippen LogP contribution in [0.15, 0.2) is 30.9 Å². The number of anilines is 1. The Kier molecular flexibility index (Phi) is 7.26. The molecule has 1 aliphatic rings. The number of halogens is 3. The zero-order chi connectivity index (χ0) is 27.7. The highest BCUT2D eigenvalue weighted by molar-refractivity contribution is 5.68. The van der Waals surface area contributed by atoms with Gasteiger partial charge in [0.2, 0.25) is 5.95 Å². The molecule has 0 atom stereocenters. The van der Waals surface area contributed by atoms with E-state index in [1.165, 1.54) is 23.2 Å². The summed E-state index contributed by atoms with van der Waals surface area (Å²) in [5, 5.41) is 12.1. The van der Waals surface area contributed by atoms with Crippen LogP contribution in [0.2, 0.25) is 0 Å². The van der Waals surface area contributed by atoms with Crippen molar-refractivity contribution in [3.63, 3.8) is 0 Å². The third-order valence-corrected chi connectivity index (χ3v) is 5.85. The maximum Gasteiger partial charge on any atom is 0.420 e. The summed E-state index contributed by atoms with van der Waals surface area (Å²) in [5.74, 6) is 0.0366. The lowest BCUT2D eigenvalue weighted by Crippen LogP contribution is -2.44. The fraction of sp³-hybridized carbons (Fsp3) is 0.440. The third-order valence-electron chi connectivity index (χ3n) is 5.85. The number of amides is 1. The zero-order valence-corrected chi connectivity index (χ0v) is 21.4. The molecule has 1 amide bonds. The first kappa shape index (κ1) is 26.8. The van der Waals surface area contributed by atoms with Crippen molar-refractivity contribution >= 4 is 12.0 Å². The van der Waals surface area contributed by atoms with Gasteiger partial charge in [0.15, 0.2) is 0 Å². The van der Waals surface area contributed by atoms with E-state index in [0.717, 1.165) is 6.20 Å². The Balaban J connectivity index is 1.54. The van der Waals surface area contributed by atoms with Crippen molar-refractivity contribution in [3.05, 3.63) is 47.8 Å². The van der Waals surface area contributed by atoms with E-state index < -0.39 is 23.4 Å². The Labute approximate surface area is 217 Å². The van der Waals surface area contributed by atoms with Gasteiger partial charge in [-0.25, -0.2) is 24.7 Å². The fourth-order valence-corrected chi connectivity index (χ4v) is 4.04. The molecule has 200 valence electrons. The van der Waals surface area contributed by atoms with Crippen LogP contribution in [0.3, 0.4) is 0 Å². The average molecular weight is 529 g/mol. The van der Waals surface area contributed by atoms with Crippen molar-refractivity contribution in [1.82, 2.24) is 29.4 Å². The first-order chi connectivity index (χ1) is 17.8. The monoisotopic (exact) mass is 528 g/mol. The number of hydrogen-bond donors (Lipinski definition) is 1. The van der Waals surface area contributed by atoms with E-state index in [4.69, 9.17) is 10.00 Å². The number of aromatic nitrogens is 5. The van der Waals surface area contributed by atoms with Crippen LogP contribution in [0, 0.1) is 18.3 Å². The lowest BCUT2D eigenvalue weighted by atomic mass is 10.1. The molecule has 0 aliphatic carbocycles. The van der Waals surface area contributed by atoms with E-state index in [9.17, 15) is 18.0 Å². The quantitative estimate of drug-likeness (QED) is 0.516. The molecule has 10 nitrogen and oxygen atoms in total. The van der Waals surface area contributed by atoms with Gasteiger partial charge in [-0.2, -0.15) is 18.4 Å². The maximum absolute atomic E-state index is 13.8. The van der Waals surface area contributed by atoms with E-state index in [-0.39, 0.29) is 29.1 Å². The van der Waals surface area contributed by atoms with Crippen LogP contribution in [0.4, 0.5) is 23.9 Å². The Bertz CT molecular complexity index is 1370. The second-order valence-corrected chi connectivity index (χ2v) is 9.92. The Hall–Kier alpha value is -4.21. The number of piperidine rings is 1. The molecule has 0 aromatic carbocycles. The number of rotatable bonds is 4. The van der Waals surface area contributed by atoms with Crippen LogP contribution in [0.25, 0.3) is 17.1 Å². The van der Waals surface area contributed by atoms with Gasteiger partial charge in [-0.3, -0.25) is 0 Å². The molecule has 4 heterocycles. The first-order valence-electron chi connectivity index (χ1n) is 12.0. The molecule has 1 aliphatic heterocycles. The van der Waals surface area contributed by atoms with Gasteiger partial charge in [0.05, 0.1) is 11.4 Å². The van der Waals surface area contributed by atoms with Crippen molar-refractivity contribution in [2.24, 2.45) is 0 Å². The lowest BCUT2D eigenvalue weighted by Gasteiger charge is -2.33. The molecule has 3 aromatic heterocycles. The van der Waals surface area contributed by atoms with Gasteiger partial charge in [0.25, 0.3) is 0 Å². The summed E-state index contributed by atoms with van der Waals surface area (Å²) in [4.78, 5) is 30.3. The molecule has 1 fully saturated rings. The van der Waals surface area contributed by atoms with Crippen LogP contribution in [0.5, 0.6) is 0 Å². The van der Waals surface area contributed by atoms with Gasteiger partial charge in [0.1, 0.15) is 40.6 Å². The minimum Gasteiger partial charge on any atom is -0.444 e. The van der Waals surface area contributed by atoms with Crippen molar-refractivity contribution in [2.45, 2.75) is 58.4 Å². The number of hydrogen-bond acceptors (Lipinski definition) is 8. The van der Waals surface area contributed by atoms with Crippen LogP contribution in [0.1, 0.15) is 50.6 Å². The van der Waals surface area contributed by atoms with Crippen LogP contribution >= 0.6 is 0 Å². The standard InChI is InChI=1S/C25H27F3N8O2/c1-15-20(6-5-17(11-29)32-15)36-13-19(31-14-36)21-18(25(26,27)28)12-30-22(34-21)33-16-7-9-35(10-8-16)23(37)38-24(2,3)4/h5-6,12-14,16H,7-10H2,1-4H3,(H,30,33,34). The molecule has 0 radical (unpaired) electrons. The van der Waals surface area contributed by atoms with E-state index in [1.54, 1.807) is 38.7 Å². The highest BCUT2D eigenvalue weighted by Gasteiger charge is 2.36. The molecule has 38 heavy (non-hydrogen) atoms. The predicted molar refractivity (Wildman–Crippen MR) is 131 cm³/mol. The van der Waals surface area contributed by atoms with Crippen molar-refractivity contribution in [3.8, 4) is 23.1 Å². The summed E-state index contributed by atoms with van der Waals surface area (Å²) in [6.07, 6.45) is -0.440. The molecule has 1 saturated heterocycles. The molecule has 0 saturated carbocycles. The number of carbonyl (C=O) groups is 1. The number of aryl methyl sites for hydroxylation is 1. The smallest absolute Gasteiger partial charge is 0.420 e. The third kappa shape index (κ3) is 6.19. The summed E-state index contributed by atoms with van der Waals surface area (Å²) in [6.45, 7) is 7.95. The zero-order valence-electron chi connectivity index (χ0n) is 21.4. The molecule has 4 rings (SSSR count). The number of imidazole rings is 1. The highest BCUT2D eigenvalue weighted by atomic mass is 19.4. The number of nitrogens with one attached hydrogen (secondary N) is 1. The first-order valence-corrected chi connectivity index (χ1v) is 12.0. The van der Waals surface area contributed by atoms with Gasteiger partial charge in [-0.1, -0.05) is 0 Å². The number of nitriles is 1. The van der Waals surface area contributed by atoms with Crippen LogP contribution in [-0.4, -0.2) is 60.2 Å². The van der Waals surface area contributed by atoms with E-state index in [2.05, 4.69) is 25.3 Å². The molecule has 13 heteroatoms. The van der Waals surface area contributed by atoms with Gasteiger partial charge < -0.3 is 19.5 Å². The molecule has 0 unspecified atom stereocenters. The lowest BCUT2D eigenvalue weighted by molar-refractivity contribution is -0.137. The van der Waals surface area contributed by atoms with Crippen LogP contribution < -0.4 is 5.32 Å². The van der Waals surface area contributed by atoms with Gasteiger partial charge >= 0.3 is 12.3 Å². The second-order valence-electron chi connectivity index (χ2n) is 9.92. The number of likely N-dealkylation sites (tertiary alicyclic amines) is 1. The molecular weight excluding hydrogens is 501 g/mol. The molecular formula is C25H27F3N8O2. The molecule has 0 spiro atoms. The number of carbonyl (C=O) groups excluding carboxylic acids is 1. The number of alkyl halides is 3. The SMILES string of the molecule is Cc1nc(C#N)ccc1-n1cnc(-c2nc(NC3CCN(C(=O)OC(C)(C)C)CC3)ncc2C(F)(F)F)c1. The second kappa shape index (κ2) is 10.3. The van der Waals surface area contributed by atoms with E-state index in [0.29, 0.717) is 37.3 Å². The Morgan fingerprint density at radius 3 is 2.47 bits per heavy atom. The van der Waals surface area contributed by atoms with E-state index >= 15 is 0 Å². The summed E-state index contributed by atoms with van der Waals surface area (Å²) in [5.41, 5.74) is -0.645. The Morgan fingerprint density at radius 2 is 1.87 bits per heavy atom. The summed E-state index contributed by atoms with van der Waals surface area (Å²) < 4.78 is 48.4. The largest absolute Gasteiger partial charge is 0.444 e. The normalized spacial score (nSPS) is 14.7. The number of ether oxygens (including phenoxy) is 1. The van der Waals surface area contributed by atoms with Gasteiger partial charge in [-0.05, 0) is 52.7 Å². The predicted octanol–water partition coefficient (Wildman–Crippen LogP) is 4.73. The average Bonchev–Trinajstić information content (AvgIpc) is 3.32. The van der Waals surface area contributed by atoms with Gasteiger partial charge in [0, 0.05) is 31.5 Å². The van der Waals surface area contributed by atoms with Crippen LogP contribution in [-0.2, 0) is 10.9 Å². The number of nitrogens with zero attached hydrogens (tertiary/aromatic N) is 7. The molecule has 1 N–H and O–H groups in total. The van der Waals surface area contributed by atoms with E-state index in [1.807, 2.05) is 6.07 Å².